The third kappa shape index (κ3) is 6.06. The van der Waals surface area contributed by atoms with Gasteiger partial charge in [0.2, 0.25) is 5.91 Å². The van der Waals surface area contributed by atoms with E-state index in [0.29, 0.717) is 27.0 Å². The molecule has 9 heteroatoms. The van der Waals surface area contributed by atoms with Crippen LogP contribution in [0.2, 0.25) is 10.0 Å². The van der Waals surface area contributed by atoms with Gasteiger partial charge >= 0.3 is 0 Å². The predicted molar refractivity (Wildman–Crippen MR) is 99.2 cm³/mol. The zero-order valence-electron chi connectivity index (χ0n) is 13.2. The summed E-state index contributed by atoms with van der Waals surface area (Å²) in [6.45, 7) is 1.42. The number of nitrogens with zero attached hydrogens (tertiary/aromatic N) is 2. The van der Waals surface area contributed by atoms with Crippen molar-refractivity contribution in [2.75, 3.05) is 17.2 Å². The Labute approximate surface area is 154 Å². The van der Waals surface area contributed by atoms with Gasteiger partial charge in [-0.25, -0.2) is 5.43 Å². The molecule has 0 spiro atoms. The number of rotatable bonds is 6. The highest BCUT2D eigenvalue weighted by Gasteiger charge is 2.04. The van der Waals surface area contributed by atoms with Gasteiger partial charge in [-0.2, -0.15) is 5.10 Å². The van der Waals surface area contributed by atoms with Gasteiger partial charge in [0.15, 0.2) is 0 Å². The van der Waals surface area contributed by atoms with Crippen LogP contribution >= 0.6 is 23.2 Å². The summed E-state index contributed by atoms with van der Waals surface area (Å²) in [5, 5.41) is 10.1. The first-order valence-corrected chi connectivity index (χ1v) is 7.93. The zero-order valence-corrected chi connectivity index (χ0v) is 14.7. The number of anilines is 2. The highest BCUT2D eigenvalue weighted by Crippen LogP contribution is 2.20. The van der Waals surface area contributed by atoms with Gasteiger partial charge in [-0.3, -0.25) is 14.6 Å². The first-order chi connectivity index (χ1) is 12.0. The fourth-order valence-corrected chi connectivity index (χ4v) is 2.31. The summed E-state index contributed by atoms with van der Waals surface area (Å²) in [7, 11) is 0. The number of halogens is 2. The predicted octanol–water partition coefficient (Wildman–Crippen LogP) is 2.91. The number of benzene rings is 1. The van der Waals surface area contributed by atoms with Gasteiger partial charge in [-0.15, -0.1) is 0 Å². The number of hydrazone groups is 1. The van der Waals surface area contributed by atoms with Gasteiger partial charge in [0.25, 0.3) is 5.91 Å². The second kappa shape index (κ2) is 9.00. The van der Waals surface area contributed by atoms with Crippen LogP contribution in [0.15, 0.2) is 41.8 Å². The molecule has 0 fully saturated rings. The van der Waals surface area contributed by atoms with Crippen molar-refractivity contribution in [3.05, 3.63) is 52.3 Å². The lowest BCUT2D eigenvalue weighted by Gasteiger charge is -2.08. The number of aromatic nitrogens is 1. The van der Waals surface area contributed by atoms with Gasteiger partial charge in [-0.05, 0) is 18.2 Å². The number of hydrogen-bond donors (Lipinski definition) is 3. The quantitative estimate of drug-likeness (QED) is 0.531. The molecule has 7 nitrogen and oxygen atoms in total. The van der Waals surface area contributed by atoms with E-state index >= 15 is 0 Å². The smallest absolute Gasteiger partial charge is 0.259 e. The Bertz CT molecular complexity index is 791. The van der Waals surface area contributed by atoms with Crippen molar-refractivity contribution in [2.45, 2.75) is 6.92 Å². The van der Waals surface area contributed by atoms with Crippen molar-refractivity contribution in [2.24, 2.45) is 5.10 Å². The Morgan fingerprint density at radius 3 is 2.56 bits per heavy atom. The molecule has 0 unspecified atom stereocenters. The molecule has 0 aliphatic heterocycles. The van der Waals surface area contributed by atoms with E-state index < -0.39 is 0 Å². The van der Waals surface area contributed by atoms with Crippen LogP contribution < -0.4 is 16.1 Å². The minimum absolute atomic E-state index is 0.00132. The van der Waals surface area contributed by atoms with Crippen molar-refractivity contribution in [3.8, 4) is 0 Å². The molecule has 130 valence electrons. The number of nitrogens with one attached hydrogen (secondary N) is 3. The number of carbonyl (C=O) groups excluding carboxylic acids is 2. The molecule has 2 amide bonds. The maximum atomic E-state index is 11.8. The van der Waals surface area contributed by atoms with Crippen LogP contribution in [0.25, 0.3) is 0 Å². The Morgan fingerprint density at radius 2 is 1.88 bits per heavy atom. The van der Waals surface area contributed by atoms with Crippen LogP contribution in [-0.4, -0.2) is 29.6 Å². The highest BCUT2D eigenvalue weighted by atomic mass is 35.5. The summed E-state index contributed by atoms with van der Waals surface area (Å²) < 4.78 is 0. The lowest BCUT2D eigenvalue weighted by atomic mass is 10.2. The summed E-state index contributed by atoms with van der Waals surface area (Å²) in [6.07, 6.45) is 4.21. The second-order valence-corrected chi connectivity index (χ2v) is 5.74. The average Bonchev–Trinajstić information content (AvgIpc) is 2.55. The number of pyridine rings is 1. The summed E-state index contributed by atoms with van der Waals surface area (Å²) in [6, 6.07) is 7.00. The molecule has 2 rings (SSSR count). The van der Waals surface area contributed by atoms with Crippen LogP contribution in [0.1, 0.15) is 12.5 Å². The van der Waals surface area contributed by atoms with E-state index in [1.807, 2.05) is 0 Å². The van der Waals surface area contributed by atoms with Crippen LogP contribution in [0.4, 0.5) is 11.4 Å². The minimum atomic E-state index is -0.359. The summed E-state index contributed by atoms with van der Waals surface area (Å²) in [5.41, 5.74) is 4.15. The number of carbonyl (C=O) groups is 2. The van der Waals surface area contributed by atoms with E-state index in [4.69, 9.17) is 23.2 Å². The lowest BCUT2D eigenvalue weighted by molar-refractivity contribution is -0.119. The van der Waals surface area contributed by atoms with Crippen LogP contribution in [0.5, 0.6) is 0 Å². The Balaban J connectivity index is 1.87. The molecule has 0 atom stereocenters. The first kappa shape index (κ1) is 18.7. The molecule has 2 aromatic rings. The first-order valence-electron chi connectivity index (χ1n) is 7.18. The molecule has 0 radical (unpaired) electrons. The maximum absolute atomic E-state index is 11.8. The second-order valence-electron chi connectivity index (χ2n) is 4.93. The molecule has 1 aromatic heterocycles. The normalized spacial score (nSPS) is 10.5. The minimum Gasteiger partial charge on any atom is -0.376 e. The number of amides is 2. The lowest BCUT2D eigenvalue weighted by Crippen LogP contribution is -2.25. The SMILES string of the molecule is CC(=O)Nc1cccc(NCC(=O)N/N=C/c2c(Cl)cncc2Cl)c1. The third-order valence-corrected chi connectivity index (χ3v) is 3.51. The molecule has 0 bridgehead atoms. The van der Waals surface area contributed by atoms with E-state index in [2.05, 4.69) is 26.1 Å². The highest BCUT2D eigenvalue weighted by molar-refractivity contribution is 6.38. The average molecular weight is 380 g/mol. The molecule has 0 aliphatic carbocycles. The molecule has 1 heterocycles. The zero-order chi connectivity index (χ0) is 18.2. The van der Waals surface area contributed by atoms with E-state index in [0.717, 1.165) is 0 Å². The Morgan fingerprint density at radius 1 is 1.20 bits per heavy atom. The van der Waals surface area contributed by atoms with Gasteiger partial charge in [-0.1, -0.05) is 29.3 Å². The van der Waals surface area contributed by atoms with Crippen molar-refractivity contribution in [3.63, 3.8) is 0 Å². The van der Waals surface area contributed by atoms with Crippen molar-refractivity contribution in [1.29, 1.82) is 0 Å². The largest absolute Gasteiger partial charge is 0.376 e. The molecular weight excluding hydrogens is 365 g/mol. The van der Waals surface area contributed by atoms with E-state index in [-0.39, 0.29) is 18.4 Å². The molecule has 3 N–H and O–H groups in total. The van der Waals surface area contributed by atoms with Crippen molar-refractivity contribution < 1.29 is 9.59 Å². The van der Waals surface area contributed by atoms with Gasteiger partial charge in [0.1, 0.15) is 0 Å². The molecular formula is C16H15Cl2N5O2. The van der Waals surface area contributed by atoms with E-state index in [1.54, 1.807) is 24.3 Å². The Hall–Kier alpha value is -2.64. The molecule has 0 saturated carbocycles. The maximum Gasteiger partial charge on any atom is 0.259 e. The van der Waals surface area contributed by atoms with Crippen LogP contribution in [-0.2, 0) is 9.59 Å². The Kier molecular flexibility index (Phi) is 6.73. The molecule has 0 aliphatic rings. The molecule has 1 aromatic carbocycles. The monoisotopic (exact) mass is 379 g/mol. The summed E-state index contributed by atoms with van der Waals surface area (Å²) in [4.78, 5) is 26.7. The van der Waals surface area contributed by atoms with Gasteiger partial charge < -0.3 is 10.6 Å². The molecule has 0 saturated heterocycles. The van der Waals surface area contributed by atoms with Gasteiger partial charge in [0, 0.05) is 36.3 Å². The van der Waals surface area contributed by atoms with Crippen LogP contribution in [0, 0.1) is 0 Å². The topological polar surface area (TPSA) is 95.5 Å². The van der Waals surface area contributed by atoms with Gasteiger partial charge in [0.05, 0.1) is 22.8 Å². The van der Waals surface area contributed by atoms with E-state index in [1.165, 1.54) is 25.5 Å². The summed E-state index contributed by atoms with van der Waals surface area (Å²) in [5.74, 6) is -0.528. The molecule has 25 heavy (non-hydrogen) atoms. The standard InChI is InChI=1S/C16H15Cl2N5O2/c1-10(24)22-12-4-2-3-11(5-12)20-9-16(25)23-21-6-13-14(17)7-19-8-15(13)18/h2-8,20H,9H2,1H3,(H,22,24)(H,23,25)/b21-6+. The fourth-order valence-electron chi connectivity index (χ4n) is 1.85. The van der Waals surface area contributed by atoms with E-state index in [9.17, 15) is 9.59 Å². The van der Waals surface area contributed by atoms with Crippen molar-refractivity contribution >= 4 is 52.6 Å². The number of hydrogen-bond acceptors (Lipinski definition) is 5. The van der Waals surface area contributed by atoms with Crippen LogP contribution in [0.3, 0.4) is 0 Å². The fraction of sp³-hybridized carbons (Fsp3) is 0.125. The summed E-state index contributed by atoms with van der Waals surface area (Å²) >= 11 is 11.9. The van der Waals surface area contributed by atoms with Crippen molar-refractivity contribution in [1.82, 2.24) is 10.4 Å². The third-order valence-electron chi connectivity index (χ3n) is 2.91.